The van der Waals surface area contributed by atoms with Crippen LogP contribution < -0.4 is 56.2 Å². The Labute approximate surface area is 102 Å². The van der Waals surface area contributed by atoms with Crippen LogP contribution in [0, 0.1) is 0 Å². The summed E-state index contributed by atoms with van der Waals surface area (Å²) in [6, 6.07) is 0. The van der Waals surface area contributed by atoms with Crippen molar-refractivity contribution in [1.29, 1.82) is 0 Å². The fraction of sp³-hybridized carbons (Fsp3) is 1.00. The van der Waals surface area contributed by atoms with Crippen LogP contribution in [0.1, 0.15) is 0 Å². The van der Waals surface area contributed by atoms with Crippen LogP contribution in [0.4, 0.5) is 0 Å². The molecular formula is C2H5ClKNO3S. The molecule has 0 aliphatic carbocycles. The number of hydrogen-bond acceptors (Lipinski definition) is 4. The predicted molar refractivity (Wildman–Crippen MR) is 28.4 cm³/mol. The number of rotatable bonds is 3. The van der Waals surface area contributed by atoms with Gasteiger partial charge in [-0.25, -0.2) is 13.3 Å². The van der Waals surface area contributed by atoms with Crippen LogP contribution in [0.25, 0.3) is 0 Å². The molecule has 0 rings (SSSR count). The third kappa shape index (κ3) is 12.9. The first-order valence-electron chi connectivity index (χ1n) is 1.83. The Hall–Kier alpha value is 1.80. The van der Waals surface area contributed by atoms with Crippen LogP contribution in [-0.4, -0.2) is 25.3 Å². The van der Waals surface area contributed by atoms with Gasteiger partial charge in [-0.3, -0.25) is 0 Å². The summed E-state index contributed by atoms with van der Waals surface area (Å²) in [6.45, 7) is -0.00656. The minimum atomic E-state index is -4.08. The monoisotopic (exact) mass is 197 g/mol. The van der Waals surface area contributed by atoms with Gasteiger partial charge in [0.05, 0.1) is 15.9 Å². The van der Waals surface area contributed by atoms with Crippen molar-refractivity contribution < 1.29 is 64.4 Å². The van der Waals surface area contributed by atoms with Gasteiger partial charge in [-0.1, -0.05) is 0 Å². The molecule has 0 bridgehead atoms. The molecule has 50 valence electrons. The summed E-state index contributed by atoms with van der Waals surface area (Å²) in [5.74, 6) is -0.462. The van der Waals surface area contributed by atoms with Crippen LogP contribution in [0.2, 0.25) is 0 Å². The average Bonchev–Trinajstić information content (AvgIpc) is 1.59. The molecule has 0 radical (unpaired) electrons. The van der Waals surface area contributed by atoms with Crippen molar-refractivity contribution >= 4 is 21.9 Å². The summed E-state index contributed by atoms with van der Waals surface area (Å²) in [5, 5.41) is 0. The summed E-state index contributed by atoms with van der Waals surface area (Å²) in [4.78, 5) is 2.02. The second-order valence-electron chi connectivity index (χ2n) is 1.15. The molecule has 0 spiro atoms. The summed E-state index contributed by atoms with van der Waals surface area (Å²) in [5.41, 5.74) is 0. The summed E-state index contributed by atoms with van der Waals surface area (Å²) >= 11 is 4.85. The van der Waals surface area contributed by atoms with Crippen molar-refractivity contribution in [3.8, 4) is 0 Å². The molecule has 0 aromatic carbocycles. The molecular weight excluding hydrogens is 193 g/mol. The molecule has 9 heavy (non-hydrogen) atoms. The first-order chi connectivity index (χ1) is 3.56. The molecule has 0 aromatic heterocycles. The van der Waals surface area contributed by atoms with Gasteiger partial charge in [0.15, 0.2) is 0 Å². The largest absolute Gasteiger partial charge is 1.00 e. The van der Waals surface area contributed by atoms with Gasteiger partial charge < -0.3 is 4.55 Å². The Morgan fingerprint density at radius 2 is 2.00 bits per heavy atom. The molecule has 0 saturated carbocycles. The van der Waals surface area contributed by atoms with Gasteiger partial charge in [-0.15, -0.1) is 0 Å². The molecule has 0 unspecified atom stereocenters. The molecule has 7 heteroatoms. The SMILES string of the molecule is O=S(=O)([O-])CCNCl.[K+]. The van der Waals surface area contributed by atoms with Crippen LogP contribution in [0.15, 0.2) is 0 Å². The molecule has 0 fully saturated rings. The van der Waals surface area contributed by atoms with Gasteiger partial charge in [-0.2, -0.15) is 0 Å². The predicted octanol–water partition coefficient (Wildman–Crippen LogP) is -3.72. The molecule has 0 amide bonds. The third-order valence-corrected chi connectivity index (χ3v) is 1.34. The quantitative estimate of drug-likeness (QED) is 0.287. The molecule has 0 aliphatic rings. The van der Waals surface area contributed by atoms with E-state index >= 15 is 0 Å². The van der Waals surface area contributed by atoms with E-state index in [2.05, 4.69) is 0 Å². The molecule has 1 N–H and O–H groups in total. The first-order valence-corrected chi connectivity index (χ1v) is 3.79. The van der Waals surface area contributed by atoms with Gasteiger partial charge in [0.25, 0.3) is 0 Å². The maximum atomic E-state index is 9.74. The van der Waals surface area contributed by atoms with Gasteiger partial charge in [-0.05, 0) is 11.8 Å². The van der Waals surface area contributed by atoms with Crippen LogP contribution in [0.5, 0.6) is 0 Å². The Kier molecular flexibility index (Phi) is 9.68. The van der Waals surface area contributed by atoms with E-state index < -0.39 is 15.9 Å². The Morgan fingerprint density at radius 1 is 1.56 bits per heavy atom. The maximum absolute atomic E-state index is 9.74. The van der Waals surface area contributed by atoms with E-state index in [0.717, 1.165) is 0 Å². The second kappa shape index (κ2) is 6.50. The van der Waals surface area contributed by atoms with Gasteiger partial charge in [0.2, 0.25) is 0 Å². The molecule has 0 heterocycles. The minimum absolute atomic E-state index is 0. The van der Waals surface area contributed by atoms with E-state index in [4.69, 9.17) is 11.8 Å². The summed E-state index contributed by atoms with van der Waals surface area (Å²) < 4.78 is 29.2. The third-order valence-electron chi connectivity index (χ3n) is 0.447. The molecule has 0 aromatic rings. The molecule has 0 atom stereocenters. The van der Waals surface area contributed by atoms with Crippen molar-refractivity contribution in [3.05, 3.63) is 0 Å². The minimum Gasteiger partial charge on any atom is -0.748 e. The smallest absolute Gasteiger partial charge is 0.748 e. The van der Waals surface area contributed by atoms with Crippen LogP contribution in [-0.2, 0) is 10.1 Å². The molecule has 0 saturated heterocycles. The molecule has 4 nitrogen and oxygen atoms in total. The summed E-state index contributed by atoms with van der Waals surface area (Å²) in [6.07, 6.45) is 0. The zero-order valence-corrected chi connectivity index (χ0v) is 9.62. The van der Waals surface area contributed by atoms with E-state index in [1.807, 2.05) is 4.84 Å². The second-order valence-corrected chi connectivity index (χ2v) is 2.94. The zero-order valence-electron chi connectivity index (χ0n) is 4.93. The van der Waals surface area contributed by atoms with Crippen LogP contribution in [0.3, 0.4) is 0 Å². The zero-order chi connectivity index (χ0) is 6.62. The van der Waals surface area contributed by atoms with Crippen molar-refractivity contribution in [3.63, 3.8) is 0 Å². The van der Waals surface area contributed by atoms with Crippen molar-refractivity contribution in [1.82, 2.24) is 4.84 Å². The van der Waals surface area contributed by atoms with E-state index in [1.54, 1.807) is 0 Å². The van der Waals surface area contributed by atoms with E-state index in [1.165, 1.54) is 0 Å². The van der Waals surface area contributed by atoms with E-state index in [0.29, 0.717) is 0 Å². The first kappa shape index (κ1) is 13.4. The van der Waals surface area contributed by atoms with Crippen LogP contribution >= 0.6 is 11.8 Å². The average molecular weight is 198 g/mol. The number of hydrogen-bond donors (Lipinski definition) is 1. The van der Waals surface area contributed by atoms with Gasteiger partial charge >= 0.3 is 51.4 Å². The van der Waals surface area contributed by atoms with Crippen molar-refractivity contribution in [2.24, 2.45) is 0 Å². The standard InChI is InChI=1S/C2H6ClNO3S.K/c3-4-1-2-8(5,6)7;/h4H,1-2H2,(H,5,6,7);/q;+1/p-1. The number of halogens is 1. The van der Waals surface area contributed by atoms with E-state index in [9.17, 15) is 13.0 Å². The van der Waals surface area contributed by atoms with Gasteiger partial charge in [0.1, 0.15) is 0 Å². The normalized spacial score (nSPS) is 10.4. The fourth-order valence-electron chi connectivity index (χ4n) is 0.164. The fourth-order valence-corrected chi connectivity index (χ4v) is 0.722. The Bertz CT molecular complexity index is 146. The number of nitrogens with one attached hydrogen (secondary N) is 1. The van der Waals surface area contributed by atoms with E-state index in [-0.39, 0.29) is 57.9 Å². The van der Waals surface area contributed by atoms with Crippen molar-refractivity contribution in [2.45, 2.75) is 0 Å². The van der Waals surface area contributed by atoms with Gasteiger partial charge in [0, 0.05) is 6.54 Å². The maximum Gasteiger partial charge on any atom is 1.00 e. The Balaban J connectivity index is 0. The topological polar surface area (TPSA) is 69.2 Å². The summed E-state index contributed by atoms with van der Waals surface area (Å²) in [7, 11) is -4.08. The van der Waals surface area contributed by atoms with Crippen molar-refractivity contribution in [2.75, 3.05) is 12.3 Å². The molecule has 0 aliphatic heterocycles. The Morgan fingerprint density at radius 3 is 2.11 bits per heavy atom.